The molecule has 2 aromatic rings. The third kappa shape index (κ3) is 4.79. The maximum atomic E-state index is 13.0. The standard InChI is InChI=1S/C23H28N4O3S/c1-3-16-4-6-19(7-5-16)27-13-18(12-20(27)28)22(30)26-10-8-17(9-11-26)21(29)25-23-24-15(2)14-31-23/h4-7,14,17-18H,3,8-13H2,1-2H3,(H,24,25,29). The van der Waals surface area contributed by atoms with Crippen molar-refractivity contribution in [3.05, 3.63) is 40.9 Å². The van der Waals surface area contributed by atoms with Crippen molar-refractivity contribution in [2.45, 2.75) is 39.5 Å². The van der Waals surface area contributed by atoms with Gasteiger partial charge >= 0.3 is 0 Å². The van der Waals surface area contributed by atoms with Crippen LogP contribution in [0.5, 0.6) is 0 Å². The maximum absolute atomic E-state index is 13.0. The van der Waals surface area contributed by atoms with Gasteiger partial charge in [0, 0.05) is 43.0 Å². The van der Waals surface area contributed by atoms with Crippen LogP contribution in [-0.4, -0.2) is 47.2 Å². The van der Waals surface area contributed by atoms with Crippen LogP contribution in [0.15, 0.2) is 29.6 Å². The van der Waals surface area contributed by atoms with Crippen molar-refractivity contribution in [2.24, 2.45) is 11.8 Å². The van der Waals surface area contributed by atoms with Crippen LogP contribution in [0.1, 0.15) is 37.4 Å². The van der Waals surface area contributed by atoms with Gasteiger partial charge in [-0.25, -0.2) is 4.98 Å². The Morgan fingerprint density at radius 2 is 1.87 bits per heavy atom. The second-order valence-corrected chi connectivity index (χ2v) is 9.17. The second-order valence-electron chi connectivity index (χ2n) is 8.31. The highest BCUT2D eigenvalue weighted by Crippen LogP contribution is 2.28. The zero-order valence-corrected chi connectivity index (χ0v) is 18.8. The molecule has 2 aliphatic heterocycles. The lowest BCUT2D eigenvalue weighted by Gasteiger charge is -2.32. The highest BCUT2D eigenvalue weighted by atomic mass is 32.1. The van der Waals surface area contributed by atoms with Gasteiger partial charge in [0.25, 0.3) is 0 Å². The number of amides is 3. The molecule has 164 valence electrons. The van der Waals surface area contributed by atoms with E-state index in [0.717, 1.165) is 17.8 Å². The van der Waals surface area contributed by atoms with Crippen molar-refractivity contribution in [1.82, 2.24) is 9.88 Å². The molecule has 0 saturated carbocycles. The Kier molecular flexibility index (Phi) is 6.36. The van der Waals surface area contributed by atoms with E-state index < -0.39 is 0 Å². The van der Waals surface area contributed by atoms with Gasteiger partial charge in [0.15, 0.2) is 5.13 Å². The summed E-state index contributed by atoms with van der Waals surface area (Å²) in [5.41, 5.74) is 2.97. The molecule has 1 unspecified atom stereocenters. The van der Waals surface area contributed by atoms with Gasteiger partial charge in [-0.15, -0.1) is 11.3 Å². The fourth-order valence-electron chi connectivity index (χ4n) is 4.27. The number of piperidine rings is 1. The van der Waals surface area contributed by atoms with Crippen LogP contribution >= 0.6 is 11.3 Å². The summed E-state index contributed by atoms with van der Waals surface area (Å²) in [6.07, 6.45) is 2.46. The largest absolute Gasteiger partial charge is 0.342 e. The number of aryl methyl sites for hydroxylation is 2. The van der Waals surface area contributed by atoms with Crippen molar-refractivity contribution >= 4 is 39.9 Å². The number of hydrogen-bond acceptors (Lipinski definition) is 5. The average molecular weight is 441 g/mol. The summed E-state index contributed by atoms with van der Waals surface area (Å²) in [7, 11) is 0. The first kappa shape index (κ1) is 21.5. The Morgan fingerprint density at radius 1 is 1.16 bits per heavy atom. The number of hydrogen-bond donors (Lipinski definition) is 1. The van der Waals surface area contributed by atoms with Crippen LogP contribution < -0.4 is 10.2 Å². The summed E-state index contributed by atoms with van der Waals surface area (Å²) in [5.74, 6) is -0.445. The highest BCUT2D eigenvalue weighted by Gasteiger charge is 2.38. The van der Waals surface area contributed by atoms with Crippen molar-refractivity contribution in [3.63, 3.8) is 0 Å². The zero-order chi connectivity index (χ0) is 22.0. The topological polar surface area (TPSA) is 82.6 Å². The fourth-order valence-corrected chi connectivity index (χ4v) is 4.96. The minimum atomic E-state index is -0.318. The molecule has 31 heavy (non-hydrogen) atoms. The summed E-state index contributed by atoms with van der Waals surface area (Å²) >= 11 is 1.42. The summed E-state index contributed by atoms with van der Waals surface area (Å²) < 4.78 is 0. The van der Waals surface area contributed by atoms with Gasteiger partial charge in [-0.1, -0.05) is 19.1 Å². The number of nitrogens with zero attached hydrogens (tertiary/aromatic N) is 3. The number of thiazole rings is 1. The number of nitrogens with one attached hydrogen (secondary N) is 1. The molecule has 1 aromatic carbocycles. The van der Waals surface area contributed by atoms with Gasteiger partial charge < -0.3 is 15.1 Å². The van der Waals surface area contributed by atoms with E-state index in [4.69, 9.17) is 0 Å². The molecule has 1 atom stereocenters. The Morgan fingerprint density at radius 3 is 2.48 bits per heavy atom. The first-order chi connectivity index (χ1) is 14.9. The van der Waals surface area contributed by atoms with E-state index in [0.29, 0.717) is 37.6 Å². The molecule has 3 heterocycles. The Labute approximate surface area is 186 Å². The Balaban J connectivity index is 1.30. The van der Waals surface area contributed by atoms with Gasteiger partial charge in [-0.3, -0.25) is 14.4 Å². The van der Waals surface area contributed by atoms with Gasteiger partial charge in [0.2, 0.25) is 17.7 Å². The lowest BCUT2D eigenvalue weighted by Crippen LogP contribution is -2.44. The monoisotopic (exact) mass is 440 g/mol. The van der Waals surface area contributed by atoms with E-state index in [-0.39, 0.29) is 36.0 Å². The van der Waals surface area contributed by atoms with Crippen molar-refractivity contribution in [1.29, 1.82) is 0 Å². The summed E-state index contributed by atoms with van der Waals surface area (Å²) in [5, 5.41) is 5.41. The average Bonchev–Trinajstić information content (AvgIpc) is 3.38. The number of anilines is 2. The molecule has 2 saturated heterocycles. The lowest BCUT2D eigenvalue weighted by molar-refractivity contribution is -0.138. The molecule has 3 amide bonds. The quantitative estimate of drug-likeness (QED) is 0.774. The highest BCUT2D eigenvalue weighted by molar-refractivity contribution is 7.13. The van der Waals surface area contributed by atoms with Crippen LogP contribution in [0, 0.1) is 18.8 Å². The first-order valence-corrected chi connectivity index (χ1v) is 11.7. The lowest BCUT2D eigenvalue weighted by atomic mass is 9.94. The van der Waals surface area contributed by atoms with Gasteiger partial charge in [0.05, 0.1) is 11.6 Å². The van der Waals surface area contributed by atoms with Crippen LogP contribution in [-0.2, 0) is 20.8 Å². The van der Waals surface area contributed by atoms with E-state index in [1.165, 1.54) is 16.9 Å². The molecule has 0 bridgehead atoms. The number of rotatable bonds is 5. The number of aromatic nitrogens is 1. The molecule has 7 nitrogen and oxygen atoms in total. The number of likely N-dealkylation sites (tertiary alicyclic amines) is 1. The third-order valence-electron chi connectivity index (χ3n) is 6.16. The van der Waals surface area contributed by atoms with E-state index >= 15 is 0 Å². The molecule has 2 fully saturated rings. The fraction of sp³-hybridized carbons (Fsp3) is 0.478. The zero-order valence-electron chi connectivity index (χ0n) is 18.0. The van der Waals surface area contributed by atoms with Crippen LogP contribution in [0.4, 0.5) is 10.8 Å². The number of carbonyl (C=O) groups is 3. The third-order valence-corrected chi connectivity index (χ3v) is 7.03. The van der Waals surface area contributed by atoms with Crippen molar-refractivity contribution < 1.29 is 14.4 Å². The summed E-state index contributed by atoms with van der Waals surface area (Å²) in [6, 6.07) is 7.97. The normalized spacial score (nSPS) is 19.7. The molecule has 0 radical (unpaired) electrons. The van der Waals surface area contributed by atoms with Gasteiger partial charge in [-0.2, -0.15) is 0 Å². The Hall–Kier alpha value is -2.74. The van der Waals surface area contributed by atoms with Crippen LogP contribution in [0.3, 0.4) is 0 Å². The van der Waals surface area contributed by atoms with Crippen LogP contribution in [0.25, 0.3) is 0 Å². The molecule has 4 rings (SSSR count). The molecule has 1 N–H and O–H groups in total. The minimum Gasteiger partial charge on any atom is -0.342 e. The predicted octanol–water partition coefficient (Wildman–Crippen LogP) is 3.24. The van der Waals surface area contributed by atoms with Crippen LogP contribution in [0.2, 0.25) is 0 Å². The molecule has 2 aliphatic rings. The smallest absolute Gasteiger partial charge is 0.229 e. The van der Waals surface area contributed by atoms with E-state index in [1.807, 2.05) is 41.5 Å². The molecular formula is C23H28N4O3S. The minimum absolute atomic E-state index is 0.00407. The van der Waals surface area contributed by atoms with Gasteiger partial charge in [0.1, 0.15) is 0 Å². The van der Waals surface area contributed by atoms with Crippen molar-refractivity contribution in [3.8, 4) is 0 Å². The SMILES string of the molecule is CCc1ccc(N2CC(C(=O)N3CCC(C(=O)Nc4nc(C)cs4)CC3)CC2=O)cc1. The molecule has 0 aliphatic carbocycles. The van der Waals surface area contributed by atoms with Crippen molar-refractivity contribution in [2.75, 3.05) is 29.9 Å². The number of carbonyl (C=O) groups excluding carboxylic acids is 3. The second kappa shape index (κ2) is 9.18. The Bertz CT molecular complexity index is 963. The molecule has 8 heteroatoms. The predicted molar refractivity (Wildman–Crippen MR) is 121 cm³/mol. The van der Waals surface area contributed by atoms with E-state index in [1.54, 1.807) is 4.90 Å². The van der Waals surface area contributed by atoms with E-state index in [9.17, 15) is 14.4 Å². The molecular weight excluding hydrogens is 412 g/mol. The summed E-state index contributed by atoms with van der Waals surface area (Å²) in [4.78, 5) is 45.9. The molecule has 1 aromatic heterocycles. The maximum Gasteiger partial charge on any atom is 0.229 e. The molecule has 0 spiro atoms. The van der Waals surface area contributed by atoms with Gasteiger partial charge in [-0.05, 0) is 43.9 Å². The number of benzene rings is 1. The summed E-state index contributed by atoms with van der Waals surface area (Å²) in [6.45, 7) is 5.50. The first-order valence-electron chi connectivity index (χ1n) is 10.9. The van der Waals surface area contributed by atoms with E-state index in [2.05, 4.69) is 17.2 Å².